The van der Waals surface area contributed by atoms with E-state index in [1.807, 2.05) is 6.07 Å². The first-order valence-electron chi connectivity index (χ1n) is 7.09. The van der Waals surface area contributed by atoms with Crippen LogP contribution in [0.5, 0.6) is 0 Å². The number of alkyl carbamates (subject to hydrolysis) is 1. The lowest BCUT2D eigenvalue weighted by Gasteiger charge is -2.15. The molecular formula is C17H15ClFNO4. The minimum Gasteiger partial charge on any atom is -0.480 e. The molecular weight excluding hydrogens is 337 g/mol. The van der Waals surface area contributed by atoms with Crippen molar-refractivity contribution in [2.75, 3.05) is 0 Å². The van der Waals surface area contributed by atoms with Crippen molar-refractivity contribution in [3.05, 3.63) is 70.5 Å². The maximum Gasteiger partial charge on any atom is 0.408 e. The van der Waals surface area contributed by atoms with Crippen LogP contribution in [0.3, 0.4) is 0 Å². The molecule has 1 unspecified atom stereocenters. The zero-order chi connectivity index (χ0) is 17.5. The largest absolute Gasteiger partial charge is 0.480 e. The first-order valence-corrected chi connectivity index (χ1v) is 7.47. The van der Waals surface area contributed by atoms with Gasteiger partial charge in [0.2, 0.25) is 0 Å². The average molecular weight is 352 g/mol. The van der Waals surface area contributed by atoms with Gasteiger partial charge in [-0.25, -0.2) is 14.0 Å². The van der Waals surface area contributed by atoms with Crippen molar-refractivity contribution < 1.29 is 23.8 Å². The number of hydrogen-bond donors (Lipinski definition) is 2. The first-order chi connectivity index (χ1) is 11.5. The van der Waals surface area contributed by atoms with E-state index in [9.17, 15) is 19.1 Å². The van der Waals surface area contributed by atoms with Gasteiger partial charge < -0.3 is 15.2 Å². The molecule has 0 heterocycles. The minimum atomic E-state index is -1.28. The van der Waals surface area contributed by atoms with Gasteiger partial charge in [-0.15, -0.1) is 0 Å². The topological polar surface area (TPSA) is 75.6 Å². The number of carbonyl (C=O) groups is 2. The Morgan fingerprint density at radius 1 is 1.21 bits per heavy atom. The quantitative estimate of drug-likeness (QED) is 0.836. The molecule has 1 atom stereocenters. The van der Waals surface area contributed by atoms with E-state index in [0.717, 1.165) is 11.6 Å². The highest BCUT2D eigenvalue weighted by Crippen LogP contribution is 2.19. The van der Waals surface area contributed by atoms with E-state index in [1.165, 1.54) is 12.1 Å². The Labute approximate surface area is 143 Å². The van der Waals surface area contributed by atoms with E-state index in [1.54, 1.807) is 24.3 Å². The molecule has 0 spiro atoms. The van der Waals surface area contributed by atoms with Crippen LogP contribution in [0.1, 0.15) is 11.1 Å². The van der Waals surface area contributed by atoms with Crippen LogP contribution in [0.15, 0.2) is 48.5 Å². The summed E-state index contributed by atoms with van der Waals surface area (Å²) in [5.74, 6) is -1.81. The third-order valence-electron chi connectivity index (χ3n) is 3.23. The number of carboxylic acids is 1. The smallest absolute Gasteiger partial charge is 0.408 e. The highest BCUT2D eigenvalue weighted by atomic mass is 35.5. The molecule has 126 valence electrons. The molecule has 0 saturated carbocycles. The summed E-state index contributed by atoms with van der Waals surface area (Å²) in [5.41, 5.74) is 1.06. The van der Waals surface area contributed by atoms with Crippen LogP contribution in [0, 0.1) is 5.82 Å². The molecule has 24 heavy (non-hydrogen) atoms. The van der Waals surface area contributed by atoms with Crippen molar-refractivity contribution in [2.45, 2.75) is 19.1 Å². The van der Waals surface area contributed by atoms with Gasteiger partial charge in [-0.2, -0.15) is 0 Å². The number of rotatable bonds is 6. The van der Waals surface area contributed by atoms with Gasteiger partial charge >= 0.3 is 12.1 Å². The Morgan fingerprint density at radius 3 is 2.58 bits per heavy atom. The molecule has 1 amide bonds. The number of hydrogen-bond acceptors (Lipinski definition) is 3. The fourth-order valence-electron chi connectivity index (χ4n) is 2.03. The van der Waals surface area contributed by atoms with Crippen molar-refractivity contribution in [1.29, 1.82) is 0 Å². The van der Waals surface area contributed by atoms with Crippen LogP contribution in [-0.2, 0) is 22.6 Å². The zero-order valence-corrected chi connectivity index (χ0v) is 13.3. The summed E-state index contributed by atoms with van der Waals surface area (Å²) < 4.78 is 18.2. The molecule has 0 radical (unpaired) electrons. The van der Waals surface area contributed by atoms with Crippen molar-refractivity contribution in [3.63, 3.8) is 0 Å². The molecule has 0 aromatic heterocycles. The van der Waals surface area contributed by atoms with Gasteiger partial charge in [-0.1, -0.05) is 41.9 Å². The highest BCUT2D eigenvalue weighted by molar-refractivity contribution is 6.31. The van der Waals surface area contributed by atoms with Crippen LogP contribution in [0.4, 0.5) is 9.18 Å². The summed E-state index contributed by atoms with van der Waals surface area (Å²) in [6, 6.07) is 11.3. The number of aliphatic carboxylic acids is 1. The van der Waals surface area contributed by atoms with Crippen LogP contribution >= 0.6 is 11.6 Å². The zero-order valence-electron chi connectivity index (χ0n) is 12.5. The monoisotopic (exact) mass is 351 g/mol. The Bertz CT molecular complexity index is 724. The number of benzene rings is 2. The van der Waals surface area contributed by atoms with Gasteiger partial charge in [0.05, 0.1) is 0 Å². The Hall–Kier alpha value is -2.60. The Morgan fingerprint density at radius 2 is 1.92 bits per heavy atom. The lowest BCUT2D eigenvalue weighted by molar-refractivity contribution is -0.139. The molecule has 0 aliphatic rings. The van der Waals surface area contributed by atoms with Crippen molar-refractivity contribution in [2.24, 2.45) is 0 Å². The average Bonchev–Trinajstić information content (AvgIpc) is 2.56. The summed E-state index contributed by atoms with van der Waals surface area (Å²) in [4.78, 5) is 23.1. The molecule has 2 aromatic rings. The third kappa shape index (κ3) is 5.24. The number of halogens is 2. The summed E-state index contributed by atoms with van der Waals surface area (Å²) in [6.07, 6.45) is -1.04. The molecule has 0 saturated heterocycles. The standard InChI is InChI=1S/C17H15ClFNO4/c18-14-7-6-13(19)8-12(14)9-15(16(21)22)20-17(23)24-10-11-4-2-1-3-5-11/h1-8,15H,9-10H2,(H,20,23)(H,21,22). The van der Waals surface area contributed by atoms with E-state index in [-0.39, 0.29) is 23.6 Å². The highest BCUT2D eigenvalue weighted by Gasteiger charge is 2.22. The van der Waals surface area contributed by atoms with Crippen molar-refractivity contribution >= 4 is 23.7 Å². The van der Waals surface area contributed by atoms with Crippen LogP contribution in [0.25, 0.3) is 0 Å². The Kier molecular flexibility index (Phi) is 6.14. The van der Waals surface area contributed by atoms with Crippen molar-refractivity contribution in [1.82, 2.24) is 5.32 Å². The van der Waals surface area contributed by atoms with E-state index in [2.05, 4.69) is 5.32 Å². The van der Waals surface area contributed by atoms with Crippen LogP contribution in [0.2, 0.25) is 5.02 Å². The molecule has 2 aromatic carbocycles. The third-order valence-corrected chi connectivity index (χ3v) is 3.60. The second-order valence-corrected chi connectivity index (χ2v) is 5.44. The summed E-state index contributed by atoms with van der Waals surface area (Å²) >= 11 is 5.92. The molecule has 0 aliphatic carbocycles. The molecule has 0 fully saturated rings. The minimum absolute atomic E-state index is 0.0136. The van der Waals surface area contributed by atoms with Crippen LogP contribution < -0.4 is 5.32 Å². The fraction of sp³-hybridized carbons (Fsp3) is 0.176. The van der Waals surface area contributed by atoms with Gasteiger partial charge in [0.1, 0.15) is 18.5 Å². The number of ether oxygens (including phenoxy) is 1. The van der Waals surface area contributed by atoms with Gasteiger partial charge in [-0.3, -0.25) is 0 Å². The van der Waals surface area contributed by atoms with Crippen molar-refractivity contribution in [3.8, 4) is 0 Å². The summed E-state index contributed by atoms with van der Waals surface area (Å²) in [5, 5.41) is 11.7. The van der Waals surface area contributed by atoms with Gasteiger partial charge in [0.15, 0.2) is 0 Å². The van der Waals surface area contributed by atoms with E-state index >= 15 is 0 Å². The predicted octanol–water partition coefficient (Wildman–Crippen LogP) is 3.40. The van der Waals surface area contributed by atoms with E-state index < -0.39 is 23.9 Å². The normalized spacial score (nSPS) is 11.6. The molecule has 0 bridgehead atoms. The van der Waals surface area contributed by atoms with E-state index in [0.29, 0.717) is 0 Å². The first kappa shape index (κ1) is 17.7. The molecule has 5 nitrogen and oxygen atoms in total. The second-order valence-electron chi connectivity index (χ2n) is 5.04. The van der Waals surface area contributed by atoms with Gasteiger partial charge in [0.25, 0.3) is 0 Å². The number of amides is 1. The molecule has 2 N–H and O–H groups in total. The fourth-order valence-corrected chi connectivity index (χ4v) is 2.22. The van der Waals surface area contributed by atoms with E-state index in [4.69, 9.17) is 16.3 Å². The summed E-state index contributed by atoms with van der Waals surface area (Å²) in [7, 11) is 0. The maximum absolute atomic E-state index is 13.3. The number of carboxylic acid groups (broad SMARTS) is 1. The molecule has 2 rings (SSSR count). The Balaban J connectivity index is 1.96. The molecule has 0 aliphatic heterocycles. The predicted molar refractivity (Wildman–Crippen MR) is 86.3 cm³/mol. The maximum atomic E-state index is 13.3. The SMILES string of the molecule is O=C(NC(Cc1cc(F)ccc1Cl)C(=O)O)OCc1ccccc1. The number of nitrogens with one attached hydrogen (secondary N) is 1. The summed E-state index contributed by atoms with van der Waals surface area (Å²) in [6.45, 7) is 0.0136. The van der Waals surface area contributed by atoms with Gasteiger partial charge in [0, 0.05) is 11.4 Å². The molecule has 7 heteroatoms. The lowest BCUT2D eigenvalue weighted by Crippen LogP contribution is -2.42. The van der Waals surface area contributed by atoms with Gasteiger partial charge in [-0.05, 0) is 29.3 Å². The lowest BCUT2D eigenvalue weighted by atomic mass is 10.1. The van der Waals surface area contributed by atoms with Crippen LogP contribution in [-0.4, -0.2) is 23.2 Å². The second kappa shape index (κ2) is 8.31. The number of carbonyl (C=O) groups excluding carboxylic acids is 1.